The molecule has 4 heteroatoms. The summed E-state index contributed by atoms with van der Waals surface area (Å²) >= 11 is 3.41. The van der Waals surface area contributed by atoms with Gasteiger partial charge in [0.2, 0.25) is 5.91 Å². The van der Waals surface area contributed by atoms with Gasteiger partial charge < -0.3 is 10.6 Å². The quantitative estimate of drug-likeness (QED) is 0.901. The molecular weight excluding hydrogens is 292 g/mol. The van der Waals surface area contributed by atoms with Crippen molar-refractivity contribution >= 4 is 21.8 Å². The number of piperidine rings is 1. The Morgan fingerprint density at radius 1 is 1.33 bits per heavy atom. The number of carbonyl (C=O) groups excluding carboxylic acids is 1. The Balaban J connectivity index is 1.91. The van der Waals surface area contributed by atoms with E-state index in [1.807, 2.05) is 31.2 Å². The molecule has 18 heavy (non-hydrogen) atoms. The predicted molar refractivity (Wildman–Crippen MR) is 76.3 cm³/mol. The van der Waals surface area contributed by atoms with E-state index in [0.717, 1.165) is 36.0 Å². The zero-order valence-corrected chi connectivity index (χ0v) is 12.2. The van der Waals surface area contributed by atoms with Gasteiger partial charge in [-0.15, -0.1) is 0 Å². The molecule has 0 aromatic heterocycles. The first kappa shape index (κ1) is 13.6. The van der Waals surface area contributed by atoms with Crippen molar-refractivity contribution in [2.75, 3.05) is 13.1 Å². The van der Waals surface area contributed by atoms with Crippen molar-refractivity contribution in [1.29, 1.82) is 0 Å². The number of hydrogen-bond acceptors (Lipinski definition) is 2. The number of nitrogens with one attached hydrogen (secondary N) is 2. The number of carbonyl (C=O) groups is 1. The molecule has 1 amide bonds. The normalized spacial score (nSPS) is 18.3. The lowest BCUT2D eigenvalue weighted by molar-refractivity contribution is -0.126. The fourth-order valence-electron chi connectivity index (χ4n) is 2.25. The average Bonchev–Trinajstić information content (AvgIpc) is 2.40. The standard InChI is InChI=1S/C14H19BrN2O/c1-10(11-2-4-13(15)5-3-11)17-14(18)12-6-8-16-9-7-12/h2-5,10,12,16H,6-9H2,1H3,(H,17,18). The molecule has 1 heterocycles. The Bertz CT molecular complexity index is 399. The number of rotatable bonds is 3. The summed E-state index contributed by atoms with van der Waals surface area (Å²) in [6, 6.07) is 8.15. The maximum absolute atomic E-state index is 12.1. The van der Waals surface area contributed by atoms with E-state index >= 15 is 0 Å². The second-order valence-corrected chi connectivity index (χ2v) is 5.72. The van der Waals surface area contributed by atoms with Gasteiger partial charge in [0.15, 0.2) is 0 Å². The molecule has 1 saturated heterocycles. The summed E-state index contributed by atoms with van der Waals surface area (Å²) < 4.78 is 1.06. The Hall–Kier alpha value is -0.870. The summed E-state index contributed by atoms with van der Waals surface area (Å²) in [5, 5.41) is 6.38. The van der Waals surface area contributed by atoms with Gasteiger partial charge in [-0.1, -0.05) is 28.1 Å². The van der Waals surface area contributed by atoms with Gasteiger partial charge in [-0.3, -0.25) is 4.79 Å². The van der Waals surface area contributed by atoms with Crippen molar-refractivity contribution in [2.24, 2.45) is 5.92 Å². The van der Waals surface area contributed by atoms with Gasteiger partial charge in [-0.05, 0) is 50.6 Å². The van der Waals surface area contributed by atoms with Gasteiger partial charge in [-0.2, -0.15) is 0 Å². The minimum absolute atomic E-state index is 0.0699. The van der Waals surface area contributed by atoms with Gasteiger partial charge in [0.25, 0.3) is 0 Å². The van der Waals surface area contributed by atoms with E-state index in [1.165, 1.54) is 0 Å². The van der Waals surface area contributed by atoms with Gasteiger partial charge >= 0.3 is 0 Å². The third-order valence-electron chi connectivity index (χ3n) is 3.44. The predicted octanol–water partition coefficient (Wildman–Crippen LogP) is 2.63. The van der Waals surface area contributed by atoms with Crippen LogP contribution in [-0.2, 0) is 4.79 Å². The average molecular weight is 311 g/mol. The van der Waals surface area contributed by atoms with E-state index in [-0.39, 0.29) is 17.9 Å². The van der Waals surface area contributed by atoms with Crippen molar-refractivity contribution in [3.63, 3.8) is 0 Å². The molecule has 1 aromatic carbocycles. The van der Waals surface area contributed by atoms with Crippen LogP contribution in [0.4, 0.5) is 0 Å². The fraction of sp³-hybridized carbons (Fsp3) is 0.500. The van der Waals surface area contributed by atoms with E-state index in [0.29, 0.717) is 0 Å². The molecule has 2 N–H and O–H groups in total. The molecule has 2 rings (SSSR count). The second-order valence-electron chi connectivity index (χ2n) is 4.81. The van der Waals surface area contributed by atoms with Crippen LogP contribution in [0, 0.1) is 5.92 Å². The first-order valence-corrected chi connectivity index (χ1v) is 7.22. The van der Waals surface area contributed by atoms with E-state index in [9.17, 15) is 4.79 Å². The van der Waals surface area contributed by atoms with E-state index in [1.54, 1.807) is 0 Å². The summed E-state index contributed by atoms with van der Waals surface area (Å²) in [6.45, 7) is 3.93. The monoisotopic (exact) mass is 310 g/mol. The molecule has 1 aromatic rings. The first-order chi connectivity index (χ1) is 8.66. The highest BCUT2D eigenvalue weighted by Crippen LogP contribution is 2.18. The molecule has 3 nitrogen and oxygen atoms in total. The molecule has 0 saturated carbocycles. The molecule has 1 aliphatic rings. The van der Waals surface area contributed by atoms with Gasteiger partial charge in [0, 0.05) is 10.4 Å². The van der Waals surface area contributed by atoms with Crippen LogP contribution >= 0.6 is 15.9 Å². The number of benzene rings is 1. The molecule has 1 fully saturated rings. The maximum Gasteiger partial charge on any atom is 0.223 e. The lowest BCUT2D eigenvalue weighted by Crippen LogP contribution is -2.39. The molecule has 0 bridgehead atoms. The van der Waals surface area contributed by atoms with Crippen molar-refractivity contribution < 1.29 is 4.79 Å². The van der Waals surface area contributed by atoms with Crippen molar-refractivity contribution in [3.05, 3.63) is 34.3 Å². The van der Waals surface area contributed by atoms with Crippen LogP contribution in [-0.4, -0.2) is 19.0 Å². The summed E-state index contributed by atoms with van der Waals surface area (Å²) in [7, 11) is 0. The van der Waals surface area contributed by atoms with Gasteiger partial charge in [0.1, 0.15) is 0 Å². The first-order valence-electron chi connectivity index (χ1n) is 6.43. The van der Waals surface area contributed by atoms with Crippen molar-refractivity contribution in [1.82, 2.24) is 10.6 Å². The number of halogens is 1. The zero-order valence-electron chi connectivity index (χ0n) is 10.6. The van der Waals surface area contributed by atoms with Crippen LogP contribution < -0.4 is 10.6 Å². The largest absolute Gasteiger partial charge is 0.349 e. The zero-order chi connectivity index (χ0) is 13.0. The van der Waals surface area contributed by atoms with Crippen LogP contribution in [0.2, 0.25) is 0 Å². The third kappa shape index (κ3) is 3.56. The topological polar surface area (TPSA) is 41.1 Å². The van der Waals surface area contributed by atoms with Crippen LogP contribution in [0.25, 0.3) is 0 Å². The van der Waals surface area contributed by atoms with Crippen LogP contribution in [0.3, 0.4) is 0 Å². The SMILES string of the molecule is CC(NC(=O)C1CCNCC1)c1ccc(Br)cc1. The lowest BCUT2D eigenvalue weighted by atomic mass is 9.96. The molecule has 0 aliphatic carbocycles. The smallest absolute Gasteiger partial charge is 0.223 e. The number of amides is 1. The van der Waals surface area contributed by atoms with E-state index in [2.05, 4.69) is 26.6 Å². The van der Waals surface area contributed by atoms with Crippen LogP contribution in [0.15, 0.2) is 28.7 Å². The van der Waals surface area contributed by atoms with Gasteiger partial charge in [-0.25, -0.2) is 0 Å². The molecule has 1 unspecified atom stereocenters. The fourth-order valence-corrected chi connectivity index (χ4v) is 2.51. The van der Waals surface area contributed by atoms with E-state index < -0.39 is 0 Å². The Morgan fingerprint density at radius 2 is 1.94 bits per heavy atom. The molecule has 1 atom stereocenters. The summed E-state index contributed by atoms with van der Waals surface area (Å²) in [5.74, 6) is 0.357. The Morgan fingerprint density at radius 3 is 2.56 bits per heavy atom. The molecule has 98 valence electrons. The Labute approximate surface area is 116 Å². The molecular formula is C14H19BrN2O. The van der Waals surface area contributed by atoms with Gasteiger partial charge in [0.05, 0.1) is 6.04 Å². The molecule has 0 radical (unpaired) electrons. The van der Waals surface area contributed by atoms with Crippen molar-refractivity contribution in [2.45, 2.75) is 25.8 Å². The summed E-state index contributed by atoms with van der Waals surface area (Å²) in [6.07, 6.45) is 1.89. The maximum atomic E-state index is 12.1. The highest BCUT2D eigenvalue weighted by molar-refractivity contribution is 9.10. The lowest BCUT2D eigenvalue weighted by Gasteiger charge is -2.24. The van der Waals surface area contributed by atoms with Crippen LogP contribution in [0.5, 0.6) is 0 Å². The van der Waals surface area contributed by atoms with E-state index in [4.69, 9.17) is 0 Å². The summed E-state index contributed by atoms with van der Waals surface area (Å²) in [5.41, 5.74) is 1.14. The summed E-state index contributed by atoms with van der Waals surface area (Å²) in [4.78, 5) is 12.1. The van der Waals surface area contributed by atoms with Crippen molar-refractivity contribution in [3.8, 4) is 0 Å². The minimum Gasteiger partial charge on any atom is -0.349 e. The minimum atomic E-state index is 0.0699. The molecule has 1 aliphatic heterocycles. The highest BCUT2D eigenvalue weighted by Gasteiger charge is 2.22. The third-order valence-corrected chi connectivity index (χ3v) is 3.97. The Kier molecular flexibility index (Phi) is 4.78. The second kappa shape index (κ2) is 6.34. The highest BCUT2D eigenvalue weighted by atomic mass is 79.9. The molecule has 0 spiro atoms. The number of hydrogen-bond donors (Lipinski definition) is 2. The van der Waals surface area contributed by atoms with Crippen LogP contribution in [0.1, 0.15) is 31.4 Å².